The first-order valence-corrected chi connectivity index (χ1v) is 7.10. The molecule has 0 aliphatic rings. The summed E-state index contributed by atoms with van der Waals surface area (Å²) in [6.07, 6.45) is 1.61. The van der Waals surface area contributed by atoms with Crippen molar-refractivity contribution in [2.24, 2.45) is 5.10 Å². The molecule has 0 spiro atoms. The van der Waals surface area contributed by atoms with Gasteiger partial charge in [-0.05, 0) is 32.0 Å². The lowest BCUT2D eigenvalue weighted by molar-refractivity contribution is -0.118. The smallest absolute Gasteiger partial charge is 0.236 e. The normalized spacial score (nSPS) is 11.1. The van der Waals surface area contributed by atoms with Crippen molar-refractivity contribution in [1.29, 1.82) is 0 Å². The van der Waals surface area contributed by atoms with Gasteiger partial charge in [0.2, 0.25) is 5.91 Å². The van der Waals surface area contributed by atoms with Crippen LogP contribution < -0.4 is 5.43 Å². The lowest BCUT2D eigenvalue weighted by atomic mass is 10.2. The molecule has 2 aromatic rings. The summed E-state index contributed by atoms with van der Waals surface area (Å²) in [7, 11) is 0. The first-order chi connectivity index (χ1) is 9.91. The molecular formula is C15H15Cl2N3O. The quantitative estimate of drug-likeness (QED) is 0.676. The highest BCUT2D eigenvalue weighted by Gasteiger charge is 2.13. The van der Waals surface area contributed by atoms with E-state index in [9.17, 15) is 4.79 Å². The molecule has 0 bridgehead atoms. The molecule has 110 valence electrons. The van der Waals surface area contributed by atoms with Gasteiger partial charge in [0.1, 0.15) is 0 Å². The molecule has 2 rings (SSSR count). The SMILES string of the molecule is CC(=O)N/N=C\c1cc(C)n(-c2cccc(Cl)c2Cl)c1C. The third-order valence-corrected chi connectivity index (χ3v) is 3.88. The Hall–Kier alpha value is -1.78. The highest BCUT2D eigenvalue weighted by Crippen LogP contribution is 2.31. The van der Waals surface area contributed by atoms with Gasteiger partial charge in [-0.2, -0.15) is 5.10 Å². The van der Waals surface area contributed by atoms with Gasteiger partial charge in [-0.3, -0.25) is 4.79 Å². The lowest BCUT2D eigenvalue weighted by Crippen LogP contribution is -2.12. The number of hydrazone groups is 1. The molecule has 1 heterocycles. The maximum Gasteiger partial charge on any atom is 0.236 e. The third kappa shape index (κ3) is 3.28. The van der Waals surface area contributed by atoms with Crippen LogP contribution in [0, 0.1) is 13.8 Å². The van der Waals surface area contributed by atoms with E-state index in [1.165, 1.54) is 6.92 Å². The molecule has 0 saturated heterocycles. The van der Waals surface area contributed by atoms with E-state index in [1.54, 1.807) is 12.3 Å². The number of amides is 1. The van der Waals surface area contributed by atoms with Gasteiger partial charge >= 0.3 is 0 Å². The van der Waals surface area contributed by atoms with E-state index in [-0.39, 0.29) is 5.91 Å². The molecule has 6 heteroatoms. The number of halogens is 2. The van der Waals surface area contributed by atoms with Gasteiger partial charge in [0.15, 0.2) is 0 Å². The van der Waals surface area contributed by atoms with E-state index in [0.717, 1.165) is 22.6 Å². The molecule has 1 amide bonds. The lowest BCUT2D eigenvalue weighted by Gasteiger charge is -2.12. The largest absolute Gasteiger partial charge is 0.316 e. The van der Waals surface area contributed by atoms with Crippen molar-refractivity contribution in [3.8, 4) is 5.69 Å². The molecule has 0 atom stereocenters. The van der Waals surface area contributed by atoms with Crippen LogP contribution in [-0.4, -0.2) is 16.7 Å². The summed E-state index contributed by atoms with van der Waals surface area (Å²) in [5.41, 5.74) is 6.07. The van der Waals surface area contributed by atoms with Crippen LogP contribution in [0.15, 0.2) is 29.4 Å². The third-order valence-electron chi connectivity index (χ3n) is 3.07. The summed E-state index contributed by atoms with van der Waals surface area (Å²) in [4.78, 5) is 10.8. The molecule has 0 aliphatic heterocycles. The highest BCUT2D eigenvalue weighted by molar-refractivity contribution is 6.43. The Bertz CT molecular complexity index is 720. The molecule has 4 nitrogen and oxygen atoms in total. The summed E-state index contributed by atoms with van der Waals surface area (Å²) >= 11 is 12.4. The van der Waals surface area contributed by atoms with Gasteiger partial charge in [-0.1, -0.05) is 29.3 Å². The van der Waals surface area contributed by atoms with Crippen LogP contribution in [0.25, 0.3) is 5.69 Å². The van der Waals surface area contributed by atoms with Crippen LogP contribution in [0.4, 0.5) is 0 Å². The maximum absolute atomic E-state index is 10.8. The second-order valence-corrected chi connectivity index (χ2v) is 5.45. The number of hydrogen-bond acceptors (Lipinski definition) is 2. The predicted octanol–water partition coefficient (Wildman–Crippen LogP) is 3.87. The zero-order valence-corrected chi connectivity index (χ0v) is 13.5. The Labute approximate surface area is 133 Å². The Kier molecular flexibility index (Phi) is 4.70. The van der Waals surface area contributed by atoms with Crippen molar-refractivity contribution in [3.63, 3.8) is 0 Å². The minimum Gasteiger partial charge on any atom is -0.316 e. The Balaban J connectivity index is 2.47. The fourth-order valence-corrected chi connectivity index (χ4v) is 2.53. The second kappa shape index (κ2) is 6.33. The van der Waals surface area contributed by atoms with E-state index in [1.807, 2.05) is 36.6 Å². The zero-order valence-electron chi connectivity index (χ0n) is 11.9. The number of carbonyl (C=O) groups excluding carboxylic acids is 1. The molecule has 1 aromatic carbocycles. The van der Waals surface area contributed by atoms with E-state index in [2.05, 4.69) is 10.5 Å². The first-order valence-electron chi connectivity index (χ1n) is 6.34. The van der Waals surface area contributed by atoms with Crippen LogP contribution in [0.2, 0.25) is 10.0 Å². The van der Waals surface area contributed by atoms with Crippen LogP contribution in [0.5, 0.6) is 0 Å². The molecule has 0 saturated carbocycles. The van der Waals surface area contributed by atoms with Gasteiger partial charge in [0.05, 0.1) is 21.9 Å². The van der Waals surface area contributed by atoms with E-state index in [0.29, 0.717) is 10.0 Å². The summed E-state index contributed by atoms with van der Waals surface area (Å²) in [6, 6.07) is 7.48. The molecule has 0 aliphatic carbocycles. The van der Waals surface area contributed by atoms with Crippen molar-refractivity contribution >= 4 is 35.3 Å². The fraction of sp³-hybridized carbons (Fsp3) is 0.200. The predicted molar refractivity (Wildman–Crippen MR) is 86.7 cm³/mol. The number of hydrogen-bond donors (Lipinski definition) is 1. The van der Waals surface area contributed by atoms with E-state index in [4.69, 9.17) is 23.2 Å². The van der Waals surface area contributed by atoms with Gasteiger partial charge in [-0.15, -0.1) is 0 Å². The van der Waals surface area contributed by atoms with Crippen molar-refractivity contribution in [3.05, 3.63) is 51.3 Å². The Morgan fingerprint density at radius 1 is 1.33 bits per heavy atom. The average molecular weight is 324 g/mol. The van der Waals surface area contributed by atoms with Gasteiger partial charge in [0.25, 0.3) is 0 Å². The number of nitrogens with zero attached hydrogens (tertiary/aromatic N) is 2. The molecule has 1 aromatic heterocycles. The van der Waals surface area contributed by atoms with E-state index >= 15 is 0 Å². The molecule has 0 radical (unpaired) electrons. The molecule has 1 N–H and O–H groups in total. The van der Waals surface area contributed by atoms with Gasteiger partial charge in [-0.25, -0.2) is 5.43 Å². The summed E-state index contributed by atoms with van der Waals surface area (Å²) in [5, 5.41) is 4.91. The van der Waals surface area contributed by atoms with Crippen LogP contribution in [0.3, 0.4) is 0 Å². The zero-order chi connectivity index (χ0) is 15.6. The van der Waals surface area contributed by atoms with Gasteiger partial charge < -0.3 is 4.57 Å². The number of rotatable bonds is 3. The van der Waals surface area contributed by atoms with Crippen LogP contribution in [0.1, 0.15) is 23.9 Å². The Morgan fingerprint density at radius 3 is 2.71 bits per heavy atom. The summed E-state index contributed by atoms with van der Waals surface area (Å²) in [5.74, 6) is -0.210. The molecular weight excluding hydrogens is 309 g/mol. The molecule has 0 unspecified atom stereocenters. The first kappa shape index (κ1) is 15.6. The van der Waals surface area contributed by atoms with Crippen molar-refractivity contribution < 1.29 is 4.79 Å². The monoisotopic (exact) mass is 323 g/mol. The van der Waals surface area contributed by atoms with Crippen LogP contribution >= 0.6 is 23.2 Å². The van der Waals surface area contributed by atoms with Gasteiger partial charge in [0, 0.05) is 23.9 Å². The number of benzene rings is 1. The topological polar surface area (TPSA) is 46.4 Å². The van der Waals surface area contributed by atoms with Crippen molar-refractivity contribution in [2.45, 2.75) is 20.8 Å². The fourth-order valence-electron chi connectivity index (χ4n) is 2.15. The number of nitrogens with one attached hydrogen (secondary N) is 1. The minimum absolute atomic E-state index is 0.210. The van der Waals surface area contributed by atoms with E-state index < -0.39 is 0 Å². The maximum atomic E-state index is 10.8. The standard InChI is InChI=1S/C15H15Cl2N3O/c1-9-7-12(8-18-19-11(3)21)10(2)20(9)14-6-4-5-13(16)15(14)17/h4-8H,1-3H3,(H,19,21)/b18-8-. The van der Waals surface area contributed by atoms with Crippen molar-refractivity contribution in [2.75, 3.05) is 0 Å². The molecule has 21 heavy (non-hydrogen) atoms. The highest BCUT2D eigenvalue weighted by atomic mass is 35.5. The molecule has 0 fully saturated rings. The number of carbonyl (C=O) groups is 1. The Morgan fingerprint density at radius 2 is 2.05 bits per heavy atom. The summed E-state index contributed by atoms with van der Waals surface area (Å²) < 4.78 is 2.00. The summed E-state index contributed by atoms with van der Waals surface area (Å²) in [6.45, 7) is 5.34. The van der Waals surface area contributed by atoms with Crippen molar-refractivity contribution in [1.82, 2.24) is 9.99 Å². The second-order valence-electron chi connectivity index (χ2n) is 4.66. The minimum atomic E-state index is -0.210. The number of aryl methyl sites for hydroxylation is 1. The van der Waals surface area contributed by atoms with Crippen LogP contribution in [-0.2, 0) is 4.79 Å². The average Bonchev–Trinajstić information content (AvgIpc) is 2.68. The number of aromatic nitrogens is 1.